The standard InChI is InChI=1S/C40H42N4O6/c1-25-37(23-44-17-16-30-18-35(47-2)36(48-3)19-31(30)22-44)49-40(50-38(25)28-12-10-27(24-45)11-13-28)29-14-8-26(9-15-29)20-42-39(46)34-21-41-32-6-4-5-7-33(32)43-34/h4-15,18-19,21,25,37-38,40,45H,16-17,20,22-24H2,1-3H3,(H,42,46)/t25-,37+,38+,40+/m1/s1. The highest BCUT2D eigenvalue weighted by molar-refractivity contribution is 5.93. The molecule has 10 nitrogen and oxygen atoms in total. The molecule has 10 heteroatoms. The van der Waals surface area contributed by atoms with Gasteiger partial charge in [0.25, 0.3) is 5.91 Å². The third kappa shape index (κ3) is 7.20. The SMILES string of the molecule is COc1cc2c(cc1OC)CN(C[C@@H]1O[C@H](c3ccc(CNC(=O)c4cnc5ccccc5n4)cc3)O[C@H](c3ccc(CO)cc3)[C@@H]1C)CC2. The zero-order valence-electron chi connectivity index (χ0n) is 28.5. The van der Waals surface area contributed by atoms with Crippen molar-refractivity contribution >= 4 is 16.9 Å². The summed E-state index contributed by atoms with van der Waals surface area (Å²) >= 11 is 0. The minimum atomic E-state index is -0.586. The Morgan fingerprint density at radius 2 is 1.58 bits per heavy atom. The van der Waals surface area contributed by atoms with E-state index in [1.165, 1.54) is 17.3 Å². The van der Waals surface area contributed by atoms with E-state index in [2.05, 4.69) is 39.2 Å². The average molecular weight is 675 g/mol. The van der Waals surface area contributed by atoms with Crippen LogP contribution < -0.4 is 14.8 Å². The van der Waals surface area contributed by atoms with Crippen LogP contribution in [0.4, 0.5) is 0 Å². The van der Waals surface area contributed by atoms with E-state index in [1.807, 2.05) is 72.8 Å². The van der Waals surface area contributed by atoms with Gasteiger partial charge in [-0.1, -0.05) is 67.6 Å². The molecule has 2 aliphatic heterocycles. The maximum atomic E-state index is 12.9. The van der Waals surface area contributed by atoms with Crippen LogP contribution >= 0.6 is 0 Å². The number of benzene rings is 4. The highest BCUT2D eigenvalue weighted by atomic mass is 16.7. The Bertz CT molecular complexity index is 1950. The number of para-hydroxylation sites is 2. The summed E-state index contributed by atoms with van der Waals surface area (Å²) in [6.07, 6.45) is 1.50. The number of hydrogen-bond donors (Lipinski definition) is 2. The molecule has 0 spiro atoms. The van der Waals surface area contributed by atoms with Crippen LogP contribution in [0.5, 0.6) is 11.5 Å². The van der Waals surface area contributed by atoms with Gasteiger partial charge in [-0.2, -0.15) is 0 Å². The van der Waals surface area contributed by atoms with Crippen molar-refractivity contribution in [3.8, 4) is 11.5 Å². The van der Waals surface area contributed by atoms with Crippen LogP contribution in [0.1, 0.15) is 63.2 Å². The van der Waals surface area contributed by atoms with Gasteiger partial charge in [-0.25, -0.2) is 4.98 Å². The Kier molecular flexibility index (Phi) is 10.0. The molecular weight excluding hydrogens is 632 g/mol. The van der Waals surface area contributed by atoms with Gasteiger partial charge in [0, 0.05) is 37.7 Å². The molecule has 7 rings (SSSR count). The van der Waals surface area contributed by atoms with Crippen molar-refractivity contribution in [3.63, 3.8) is 0 Å². The van der Waals surface area contributed by atoms with E-state index in [1.54, 1.807) is 14.2 Å². The lowest BCUT2D eigenvalue weighted by molar-refractivity contribution is -0.276. The number of aliphatic hydroxyl groups excluding tert-OH is 1. The quantitative estimate of drug-likeness (QED) is 0.186. The summed E-state index contributed by atoms with van der Waals surface area (Å²) in [7, 11) is 3.33. The van der Waals surface area contributed by atoms with Gasteiger partial charge < -0.3 is 29.4 Å². The second-order valence-corrected chi connectivity index (χ2v) is 13.0. The van der Waals surface area contributed by atoms with Crippen molar-refractivity contribution in [1.82, 2.24) is 20.2 Å². The Balaban J connectivity index is 1.06. The van der Waals surface area contributed by atoms with Crippen LogP contribution in [0, 0.1) is 5.92 Å². The zero-order valence-corrected chi connectivity index (χ0v) is 28.5. The molecule has 1 amide bonds. The smallest absolute Gasteiger partial charge is 0.271 e. The molecule has 1 fully saturated rings. The highest BCUT2D eigenvalue weighted by Gasteiger charge is 2.39. The van der Waals surface area contributed by atoms with E-state index in [-0.39, 0.29) is 36.3 Å². The lowest BCUT2D eigenvalue weighted by Crippen LogP contribution is -2.45. The van der Waals surface area contributed by atoms with Gasteiger partial charge in [-0.15, -0.1) is 0 Å². The number of ether oxygens (including phenoxy) is 4. The first-order valence-corrected chi connectivity index (χ1v) is 17.0. The monoisotopic (exact) mass is 674 g/mol. The number of aromatic nitrogens is 2. The minimum Gasteiger partial charge on any atom is -0.493 e. The van der Waals surface area contributed by atoms with E-state index in [4.69, 9.17) is 18.9 Å². The molecule has 4 aromatic carbocycles. The number of carbonyl (C=O) groups excluding carboxylic acids is 1. The van der Waals surface area contributed by atoms with E-state index in [9.17, 15) is 9.90 Å². The first kappa shape index (κ1) is 33.6. The van der Waals surface area contributed by atoms with Gasteiger partial charge in [0.15, 0.2) is 17.8 Å². The largest absolute Gasteiger partial charge is 0.493 e. The predicted octanol–water partition coefficient (Wildman–Crippen LogP) is 5.92. The predicted molar refractivity (Wildman–Crippen MR) is 189 cm³/mol. The molecule has 4 atom stereocenters. The van der Waals surface area contributed by atoms with Crippen LogP contribution in [0.2, 0.25) is 0 Å². The molecular formula is C40H42N4O6. The number of nitrogens with one attached hydrogen (secondary N) is 1. The number of rotatable bonds is 10. The topological polar surface area (TPSA) is 115 Å². The van der Waals surface area contributed by atoms with Crippen LogP contribution in [0.15, 0.2) is 91.1 Å². The Labute approximate surface area is 292 Å². The molecule has 0 radical (unpaired) electrons. The van der Waals surface area contributed by atoms with Crippen molar-refractivity contribution < 1.29 is 28.8 Å². The second-order valence-electron chi connectivity index (χ2n) is 13.0. The first-order valence-electron chi connectivity index (χ1n) is 17.0. The van der Waals surface area contributed by atoms with Gasteiger partial charge in [0.05, 0.1) is 50.3 Å². The molecule has 0 saturated carbocycles. The molecule has 5 aromatic rings. The number of nitrogens with zero attached hydrogens (tertiary/aromatic N) is 3. The third-order valence-corrected chi connectivity index (χ3v) is 9.74. The van der Waals surface area contributed by atoms with Gasteiger partial charge in [0.1, 0.15) is 5.69 Å². The molecule has 0 bridgehead atoms. The number of methoxy groups -OCH3 is 2. The maximum absolute atomic E-state index is 12.9. The van der Waals surface area contributed by atoms with E-state index in [0.717, 1.165) is 65.3 Å². The minimum absolute atomic E-state index is 0.00866. The molecule has 1 aromatic heterocycles. The second kappa shape index (κ2) is 14.9. The van der Waals surface area contributed by atoms with E-state index in [0.29, 0.717) is 12.1 Å². The van der Waals surface area contributed by atoms with Crippen molar-refractivity contribution in [3.05, 3.63) is 130 Å². The molecule has 258 valence electrons. The summed E-state index contributed by atoms with van der Waals surface area (Å²) in [5.74, 6) is 1.27. The lowest BCUT2D eigenvalue weighted by Gasteiger charge is -2.43. The summed E-state index contributed by atoms with van der Waals surface area (Å²) < 4.78 is 24.6. The summed E-state index contributed by atoms with van der Waals surface area (Å²) in [5.41, 5.74) is 7.95. The van der Waals surface area contributed by atoms with E-state index < -0.39 is 6.29 Å². The fourth-order valence-electron chi connectivity index (χ4n) is 6.81. The number of hydrogen-bond acceptors (Lipinski definition) is 9. The van der Waals surface area contributed by atoms with Crippen molar-refractivity contribution in [1.29, 1.82) is 0 Å². The fraction of sp³-hybridized carbons (Fsp3) is 0.325. The van der Waals surface area contributed by atoms with E-state index >= 15 is 0 Å². The molecule has 0 unspecified atom stereocenters. The van der Waals surface area contributed by atoms with Gasteiger partial charge in [-0.3, -0.25) is 14.7 Å². The Morgan fingerprint density at radius 3 is 2.30 bits per heavy atom. The Hall–Kier alpha value is -4.87. The molecule has 1 saturated heterocycles. The van der Waals surface area contributed by atoms with Crippen LogP contribution in [0.25, 0.3) is 11.0 Å². The third-order valence-electron chi connectivity index (χ3n) is 9.74. The molecule has 3 heterocycles. The summed E-state index contributed by atoms with van der Waals surface area (Å²) in [6, 6.07) is 27.6. The number of aliphatic hydroxyl groups is 1. The van der Waals surface area contributed by atoms with Crippen LogP contribution in [-0.4, -0.2) is 59.3 Å². The van der Waals surface area contributed by atoms with Gasteiger partial charge in [-0.05, 0) is 58.5 Å². The van der Waals surface area contributed by atoms with Crippen molar-refractivity contribution in [2.24, 2.45) is 5.92 Å². The highest BCUT2D eigenvalue weighted by Crippen LogP contribution is 2.42. The average Bonchev–Trinajstić information content (AvgIpc) is 3.17. The van der Waals surface area contributed by atoms with Gasteiger partial charge in [0.2, 0.25) is 0 Å². The zero-order chi connectivity index (χ0) is 34.6. The number of carbonyl (C=O) groups is 1. The number of amides is 1. The maximum Gasteiger partial charge on any atom is 0.271 e. The summed E-state index contributed by atoms with van der Waals surface area (Å²) in [6.45, 7) is 4.94. The Morgan fingerprint density at radius 1 is 0.900 bits per heavy atom. The van der Waals surface area contributed by atoms with Gasteiger partial charge >= 0.3 is 0 Å². The normalized spacial score (nSPS) is 20.6. The molecule has 50 heavy (non-hydrogen) atoms. The molecule has 0 aliphatic carbocycles. The number of fused-ring (bicyclic) bond motifs is 2. The van der Waals surface area contributed by atoms with Crippen LogP contribution in [-0.2, 0) is 35.6 Å². The molecule has 2 aliphatic rings. The van der Waals surface area contributed by atoms with Crippen molar-refractivity contribution in [2.75, 3.05) is 27.3 Å². The summed E-state index contributed by atoms with van der Waals surface area (Å²) in [4.78, 5) is 24.1. The lowest BCUT2D eigenvalue weighted by atomic mass is 9.89. The summed E-state index contributed by atoms with van der Waals surface area (Å²) in [5, 5.41) is 12.6. The first-order chi connectivity index (χ1) is 24.4. The fourth-order valence-corrected chi connectivity index (χ4v) is 6.81. The van der Waals surface area contributed by atoms with Crippen LogP contribution in [0.3, 0.4) is 0 Å². The van der Waals surface area contributed by atoms with Crippen molar-refractivity contribution in [2.45, 2.75) is 51.5 Å². The molecule has 2 N–H and O–H groups in total.